The van der Waals surface area contributed by atoms with E-state index in [4.69, 9.17) is 15.2 Å². The van der Waals surface area contributed by atoms with E-state index < -0.39 is 53.3 Å². The summed E-state index contributed by atoms with van der Waals surface area (Å²) in [7, 11) is 0. The second-order valence-corrected chi connectivity index (χ2v) is 20.3. The number of nitrogens with zero attached hydrogens (tertiary/aromatic N) is 3. The van der Waals surface area contributed by atoms with Crippen molar-refractivity contribution in [2.45, 2.75) is 143 Å². The summed E-state index contributed by atoms with van der Waals surface area (Å²) in [5, 5.41) is 19.4. The predicted molar refractivity (Wildman–Crippen MR) is 247 cm³/mol. The molecule has 0 aliphatic carbocycles. The van der Waals surface area contributed by atoms with E-state index >= 15 is 0 Å². The summed E-state index contributed by atoms with van der Waals surface area (Å²) >= 11 is 1.58. The minimum absolute atomic E-state index is 0.0146. The number of ether oxygens (including phenoxy) is 2. The van der Waals surface area contributed by atoms with Gasteiger partial charge in [-0.3, -0.25) is 24.1 Å². The summed E-state index contributed by atoms with van der Waals surface area (Å²) in [6, 6.07) is 14.0. The lowest BCUT2D eigenvalue weighted by Gasteiger charge is -2.36. The van der Waals surface area contributed by atoms with Crippen LogP contribution >= 0.6 is 11.3 Å². The highest BCUT2D eigenvalue weighted by atomic mass is 32.1. The van der Waals surface area contributed by atoms with Crippen LogP contribution in [0.1, 0.15) is 103 Å². The van der Waals surface area contributed by atoms with Gasteiger partial charge >= 0.3 is 6.09 Å². The van der Waals surface area contributed by atoms with Gasteiger partial charge in [-0.05, 0) is 107 Å². The van der Waals surface area contributed by atoms with E-state index in [-0.39, 0.29) is 50.2 Å². The minimum atomic E-state index is -0.894. The number of hydrogen-bond donors (Lipinski definition) is 5. The highest BCUT2D eigenvalue weighted by Crippen LogP contribution is 2.29. The molecule has 0 saturated carbocycles. The van der Waals surface area contributed by atoms with Gasteiger partial charge < -0.3 is 41.2 Å². The Morgan fingerprint density at radius 2 is 1.58 bits per heavy atom. The number of amides is 5. The van der Waals surface area contributed by atoms with Gasteiger partial charge in [0.25, 0.3) is 0 Å². The van der Waals surface area contributed by atoms with Gasteiger partial charge in [-0.15, -0.1) is 11.3 Å². The molecular formula is C48H69N7O8S. The molecule has 3 heterocycles. The van der Waals surface area contributed by atoms with Gasteiger partial charge in [0, 0.05) is 25.9 Å². The monoisotopic (exact) mass is 903 g/mol. The molecule has 16 heteroatoms. The Hall–Kier alpha value is -4.90. The molecule has 15 nitrogen and oxygen atoms in total. The van der Waals surface area contributed by atoms with Gasteiger partial charge in [-0.2, -0.15) is 0 Å². The summed E-state index contributed by atoms with van der Waals surface area (Å²) in [5.74, 6) is -0.983. The number of aromatic nitrogens is 1. The number of likely N-dealkylation sites (tertiary alicyclic amines) is 2. The molecule has 1 aromatic heterocycles. The van der Waals surface area contributed by atoms with E-state index in [1.807, 2.05) is 76.5 Å². The number of carbonyl (C=O) groups excluding carboxylic acids is 5. The second kappa shape index (κ2) is 22.3. The molecule has 0 radical (unpaired) electrons. The maximum atomic E-state index is 14.1. The maximum absolute atomic E-state index is 14.1. The lowest BCUT2D eigenvalue weighted by molar-refractivity contribution is -0.144. The molecule has 350 valence electrons. The number of nitrogens with two attached hydrogens (primary N) is 1. The van der Waals surface area contributed by atoms with Crippen molar-refractivity contribution in [3.05, 3.63) is 76.4 Å². The van der Waals surface area contributed by atoms with Crippen molar-refractivity contribution < 1.29 is 38.6 Å². The third kappa shape index (κ3) is 15.1. The number of aliphatic hydroxyl groups is 1. The number of primary amides is 1. The number of β-amino-alcohol motifs (C(OH)–C–C–N with tert-alkyl or cyclic N) is 1. The Kier molecular flexibility index (Phi) is 17.5. The number of carbonyl (C=O) groups is 5. The van der Waals surface area contributed by atoms with E-state index in [0.29, 0.717) is 18.9 Å². The molecule has 0 spiro atoms. The highest BCUT2D eigenvalue weighted by molar-refractivity contribution is 7.13. The van der Waals surface area contributed by atoms with Crippen LogP contribution in [0.25, 0.3) is 10.4 Å². The van der Waals surface area contributed by atoms with Crippen molar-refractivity contribution in [3.63, 3.8) is 0 Å². The number of piperidine rings is 1. The molecule has 5 amide bonds. The molecule has 2 saturated heterocycles. The van der Waals surface area contributed by atoms with Crippen LogP contribution in [0.5, 0.6) is 0 Å². The first-order valence-corrected chi connectivity index (χ1v) is 23.3. The molecule has 5 atom stereocenters. The SMILES string of the molecule is Cc1ncsc1-c1ccc(CNC(=O)[C@@H]2C[C@@H](O)CN2C(=O)[C@@H](NC(=O)CN2CCC(Cc3ccc(CO[C@H](C)[C@H](CCC(N)=O)NC(=O)OC(C)(C)C)cc3)CC2)C(C)(C)C)cc1. The summed E-state index contributed by atoms with van der Waals surface area (Å²) in [6.07, 6.45) is 1.48. The molecule has 0 unspecified atom stereocenters. The lowest BCUT2D eigenvalue weighted by atomic mass is 9.85. The zero-order valence-electron chi connectivity index (χ0n) is 38.8. The molecule has 0 bridgehead atoms. The quantitative estimate of drug-likeness (QED) is 0.112. The molecule has 2 aliphatic rings. The lowest BCUT2D eigenvalue weighted by Crippen LogP contribution is -2.58. The molecular weight excluding hydrogens is 835 g/mol. The second-order valence-electron chi connectivity index (χ2n) is 19.5. The van der Waals surface area contributed by atoms with Crippen LogP contribution in [0.15, 0.2) is 54.0 Å². The van der Waals surface area contributed by atoms with Crippen LogP contribution in [0.3, 0.4) is 0 Å². The van der Waals surface area contributed by atoms with Gasteiger partial charge in [0.1, 0.15) is 17.7 Å². The third-order valence-corrected chi connectivity index (χ3v) is 12.8. The summed E-state index contributed by atoms with van der Waals surface area (Å²) in [6.45, 7) is 17.1. The number of thiazole rings is 1. The Labute approximate surface area is 382 Å². The topological polar surface area (TPSA) is 206 Å². The number of nitrogens with one attached hydrogen (secondary N) is 3. The summed E-state index contributed by atoms with van der Waals surface area (Å²) < 4.78 is 11.5. The fraction of sp³-hybridized carbons (Fsp3) is 0.583. The van der Waals surface area contributed by atoms with Crippen molar-refractivity contribution in [3.8, 4) is 10.4 Å². The number of rotatable bonds is 18. The fourth-order valence-electron chi connectivity index (χ4n) is 8.17. The number of alkyl carbamates (subject to hydrolysis) is 1. The van der Waals surface area contributed by atoms with Crippen LogP contribution in [0.4, 0.5) is 4.79 Å². The fourth-order valence-corrected chi connectivity index (χ4v) is 8.98. The van der Waals surface area contributed by atoms with Crippen LogP contribution in [-0.4, -0.2) is 112 Å². The van der Waals surface area contributed by atoms with Gasteiger partial charge in [0.15, 0.2) is 0 Å². The van der Waals surface area contributed by atoms with Gasteiger partial charge in [-0.25, -0.2) is 9.78 Å². The third-order valence-electron chi connectivity index (χ3n) is 11.8. The van der Waals surface area contributed by atoms with Gasteiger partial charge in [-0.1, -0.05) is 69.3 Å². The van der Waals surface area contributed by atoms with Crippen LogP contribution < -0.4 is 21.7 Å². The smallest absolute Gasteiger partial charge is 0.407 e. The van der Waals surface area contributed by atoms with E-state index in [2.05, 4.69) is 38.0 Å². The molecule has 2 aliphatic heterocycles. The molecule has 2 fully saturated rings. The zero-order valence-corrected chi connectivity index (χ0v) is 39.6. The van der Waals surface area contributed by atoms with Crippen molar-refractivity contribution in [1.82, 2.24) is 30.7 Å². The average Bonchev–Trinajstić information content (AvgIpc) is 3.84. The normalized spacial score (nSPS) is 18.8. The van der Waals surface area contributed by atoms with Crippen molar-refractivity contribution in [2.24, 2.45) is 17.1 Å². The Bertz CT molecular complexity index is 2040. The van der Waals surface area contributed by atoms with Gasteiger partial charge in [0.2, 0.25) is 23.6 Å². The predicted octanol–water partition coefficient (Wildman–Crippen LogP) is 5.25. The minimum Gasteiger partial charge on any atom is -0.444 e. The molecule has 2 aromatic carbocycles. The maximum Gasteiger partial charge on any atom is 0.407 e. The first-order chi connectivity index (χ1) is 30.1. The molecule has 3 aromatic rings. The Morgan fingerprint density at radius 3 is 2.17 bits per heavy atom. The largest absolute Gasteiger partial charge is 0.444 e. The van der Waals surface area contributed by atoms with Crippen molar-refractivity contribution in [1.29, 1.82) is 0 Å². The number of hydrogen-bond acceptors (Lipinski definition) is 11. The van der Waals surface area contributed by atoms with E-state index in [1.165, 1.54) is 10.5 Å². The first-order valence-electron chi connectivity index (χ1n) is 22.4. The highest BCUT2D eigenvalue weighted by Gasteiger charge is 2.44. The summed E-state index contributed by atoms with van der Waals surface area (Å²) in [4.78, 5) is 74.1. The zero-order chi connectivity index (χ0) is 46.8. The van der Waals surface area contributed by atoms with E-state index in [0.717, 1.165) is 59.6 Å². The van der Waals surface area contributed by atoms with Crippen LogP contribution in [0, 0.1) is 18.3 Å². The Balaban J connectivity index is 1.06. The molecule has 6 N–H and O–H groups in total. The number of aryl methyl sites for hydroxylation is 1. The number of benzene rings is 2. The number of aliphatic hydroxyl groups excluding tert-OH is 1. The molecule has 5 rings (SSSR count). The Morgan fingerprint density at radius 1 is 0.938 bits per heavy atom. The molecule has 64 heavy (non-hydrogen) atoms. The van der Waals surface area contributed by atoms with E-state index in [9.17, 15) is 29.1 Å². The summed E-state index contributed by atoms with van der Waals surface area (Å²) in [5.41, 5.74) is 11.0. The van der Waals surface area contributed by atoms with Crippen LogP contribution in [0.2, 0.25) is 0 Å². The van der Waals surface area contributed by atoms with E-state index in [1.54, 1.807) is 32.1 Å². The first kappa shape index (κ1) is 50.1. The van der Waals surface area contributed by atoms with Crippen molar-refractivity contribution in [2.75, 3.05) is 26.2 Å². The standard InChI is InChI=1S/C48H69N7O8S/c1-30-42(64-29-51-30)36-15-13-34(14-16-36)25-50-44(59)39-24-37(56)26-55(39)45(60)43(47(3,4)5)53-41(58)27-54-21-19-33(20-22-54)23-32-9-11-35(12-10-32)28-62-31(2)38(17-18-40(49)57)52-46(61)63-48(6,7)8/h9-16,29,31,33,37-39,43,56H,17-28H2,1-8H3,(H2,49,57)(H,50,59)(H,52,61)(H,53,58)/t31-,37-,38+,39+,43-/m1/s1. The van der Waals surface area contributed by atoms with Gasteiger partial charge in [0.05, 0.1) is 47.5 Å². The van der Waals surface area contributed by atoms with Crippen LogP contribution in [-0.2, 0) is 48.2 Å². The van der Waals surface area contributed by atoms with Crippen molar-refractivity contribution >= 4 is 41.1 Å². The average molecular weight is 904 g/mol.